The Morgan fingerprint density at radius 2 is 1.76 bits per heavy atom. The molecule has 0 saturated carbocycles. The Balaban J connectivity index is 1.50. The van der Waals surface area contributed by atoms with Crippen molar-refractivity contribution < 1.29 is 17.4 Å². The van der Waals surface area contributed by atoms with Crippen LogP contribution in [0.5, 0.6) is 0 Å². The van der Waals surface area contributed by atoms with Gasteiger partial charge >= 0.3 is 0 Å². The molecular weight excluding hydrogens is 462 g/mol. The molecule has 0 spiro atoms. The van der Waals surface area contributed by atoms with Gasteiger partial charge < -0.3 is 8.94 Å². The molecule has 7 nitrogen and oxygen atoms in total. The molecule has 1 aliphatic rings. The first-order valence-corrected chi connectivity index (χ1v) is 12.7. The van der Waals surface area contributed by atoms with E-state index in [9.17, 15) is 8.42 Å². The van der Waals surface area contributed by atoms with Gasteiger partial charge in [0.25, 0.3) is 5.89 Å². The van der Waals surface area contributed by atoms with Crippen LogP contribution in [0.2, 0.25) is 5.02 Å². The van der Waals surface area contributed by atoms with Crippen molar-refractivity contribution in [3.63, 3.8) is 0 Å². The molecule has 0 radical (unpaired) electrons. The highest BCUT2D eigenvalue weighted by Crippen LogP contribution is 2.35. The molecule has 2 aromatic carbocycles. The lowest BCUT2D eigenvalue weighted by Crippen LogP contribution is -2.42. The summed E-state index contributed by atoms with van der Waals surface area (Å²) in [7, 11) is -3.60. The van der Waals surface area contributed by atoms with Gasteiger partial charge in [0.15, 0.2) is 5.76 Å². The minimum absolute atomic E-state index is 0.233. The van der Waals surface area contributed by atoms with E-state index in [1.807, 2.05) is 19.1 Å². The Morgan fingerprint density at radius 1 is 1.06 bits per heavy atom. The van der Waals surface area contributed by atoms with Gasteiger partial charge in [0.05, 0.1) is 4.90 Å². The van der Waals surface area contributed by atoms with Crippen molar-refractivity contribution in [1.29, 1.82) is 0 Å². The van der Waals surface area contributed by atoms with Crippen LogP contribution in [0.25, 0.3) is 34.0 Å². The van der Waals surface area contributed by atoms with E-state index in [2.05, 4.69) is 24.0 Å². The van der Waals surface area contributed by atoms with Crippen molar-refractivity contribution in [3.8, 4) is 23.0 Å². The highest BCUT2D eigenvalue weighted by Gasteiger charge is 2.32. The zero-order valence-corrected chi connectivity index (χ0v) is 20.2. The smallest absolute Gasteiger partial charge is 0.294 e. The van der Waals surface area contributed by atoms with Crippen molar-refractivity contribution in [2.45, 2.75) is 32.1 Å². The fraction of sp³-hybridized carbons (Fsp3) is 0.333. The van der Waals surface area contributed by atoms with E-state index in [0.717, 1.165) is 17.5 Å². The molecule has 4 aromatic rings. The van der Waals surface area contributed by atoms with E-state index < -0.39 is 10.0 Å². The molecule has 33 heavy (non-hydrogen) atoms. The van der Waals surface area contributed by atoms with Crippen molar-refractivity contribution in [1.82, 2.24) is 14.4 Å². The van der Waals surface area contributed by atoms with E-state index in [1.165, 1.54) is 0 Å². The molecule has 0 amide bonds. The SMILES string of the molecule is Cc1c(-c2nc(-c3ccc(Cl)cc3)no2)oc2ccc(S(=O)(=O)N3C[C@H](C)C[C@@H](C)C3)cc12. The number of benzene rings is 2. The van der Waals surface area contributed by atoms with Crippen LogP contribution in [-0.2, 0) is 10.0 Å². The van der Waals surface area contributed by atoms with Gasteiger partial charge in [-0.2, -0.15) is 9.29 Å². The summed E-state index contributed by atoms with van der Waals surface area (Å²) in [5.74, 6) is 1.74. The molecule has 3 heterocycles. The first-order chi connectivity index (χ1) is 15.7. The highest BCUT2D eigenvalue weighted by molar-refractivity contribution is 7.89. The van der Waals surface area contributed by atoms with Crippen molar-refractivity contribution >= 4 is 32.6 Å². The molecule has 9 heteroatoms. The predicted molar refractivity (Wildman–Crippen MR) is 126 cm³/mol. The lowest BCUT2D eigenvalue weighted by Gasteiger charge is -2.34. The quantitative estimate of drug-likeness (QED) is 0.364. The summed E-state index contributed by atoms with van der Waals surface area (Å²) in [4.78, 5) is 4.72. The van der Waals surface area contributed by atoms with Crippen LogP contribution in [0.4, 0.5) is 0 Å². The normalized spacial score (nSPS) is 19.9. The average Bonchev–Trinajstić information content (AvgIpc) is 3.38. The molecule has 1 fully saturated rings. The van der Waals surface area contributed by atoms with Crippen LogP contribution in [-0.4, -0.2) is 36.0 Å². The highest BCUT2D eigenvalue weighted by atomic mass is 35.5. The largest absolute Gasteiger partial charge is 0.451 e. The lowest BCUT2D eigenvalue weighted by atomic mass is 9.94. The topological polar surface area (TPSA) is 89.4 Å². The monoisotopic (exact) mass is 485 g/mol. The lowest BCUT2D eigenvalue weighted by molar-refractivity contribution is 0.222. The molecule has 172 valence electrons. The average molecular weight is 486 g/mol. The van der Waals surface area contributed by atoms with Crippen molar-refractivity contribution in [2.24, 2.45) is 11.8 Å². The molecule has 5 rings (SSSR count). The summed E-state index contributed by atoms with van der Waals surface area (Å²) in [6.45, 7) is 7.12. The first kappa shape index (κ1) is 22.1. The third kappa shape index (κ3) is 4.07. The van der Waals surface area contributed by atoms with Gasteiger partial charge in [-0.1, -0.05) is 30.6 Å². The number of furan rings is 1. The molecule has 1 aliphatic heterocycles. The minimum Gasteiger partial charge on any atom is -0.451 e. The molecular formula is C24H24ClN3O4S. The summed E-state index contributed by atoms with van der Waals surface area (Å²) in [5.41, 5.74) is 2.07. The first-order valence-electron chi connectivity index (χ1n) is 10.9. The third-order valence-electron chi connectivity index (χ3n) is 6.10. The van der Waals surface area contributed by atoms with Crippen LogP contribution in [0.15, 0.2) is 56.3 Å². The number of rotatable bonds is 4. The summed E-state index contributed by atoms with van der Waals surface area (Å²) in [5, 5.41) is 5.37. The number of halogens is 1. The van der Waals surface area contributed by atoms with Crippen LogP contribution in [0.3, 0.4) is 0 Å². The van der Waals surface area contributed by atoms with Gasteiger partial charge in [-0.05, 0) is 67.6 Å². The van der Waals surface area contributed by atoms with Crippen molar-refractivity contribution in [3.05, 3.63) is 53.1 Å². The van der Waals surface area contributed by atoms with Gasteiger partial charge in [0.1, 0.15) is 5.58 Å². The van der Waals surface area contributed by atoms with Gasteiger partial charge in [0.2, 0.25) is 15.8 Å². The summed E-state index contributed by atoms with van der Waals surface area (Å²) in [6.07, 6.45) is 1.04. The number of hydrogen-bond donors (Lipinski definition) is 0. The maximum Gasteiger partial charge on any atom is 0.294 e. The summed E-state index contributed by atoms with van der Waals surface area (Å²) >= 11 is 5.95. The van der Waals surface area contributed by atoms with Gasteiger partial charge in [-0.3, -0.25) is 0 Å². The number of piperidine rings is 1. The summed E-state index contributed by atoms with van der Waals surface area (Å²) in [6, 6.07) is 12.1. The number of aromatic nitrogens is 2. The number of nitrogens with zero attached hydrogens (tertiary/aromatic N) is 3. The van der Waals surface area contributed by atoms with Crippen LogP contribution in [0.1, 0.15) is 25.8 Å². The maximum absolute atomic E-state index is 13.3. The van der Waals surface area contributed by atoms with E-state index >= 15 is 0 Å². The van der Waals surface area contributed by atoms with E-state index in [0.29, 0.717) is 52.5 Å². The predicted octanol–water partition coefficient (Wildman–Crippen LogP) is 5.78. The Bertz CT molecular complexity index is 1420. The van der Waals surface area contributed by atoms with E-state index in [4.69, 9.17) is 20.5 Å². The standard InChI is InChI=1S/C24H24ClN3O4S/c1-14-10-15(2)13-28(12-14)33(29,30)19-8-9-21-20(11-19)16(3)22(31-21)24-26-23(27-32-24)17-4-6-18(25)7-5-17/h4-9,11,14-15H,10,12-13H2,1-3H3/t14-,15-/m1/s1. The summed E-state index contributed by atoms with van der Waals surface area (Å²) < 4.78 is 39.7. The second-order valence-corrected chi connectivity index (χ2v) is 11.3. The molecule has 1 saturated heterocycles. The molecule has 0 unspecified atom stereocenters. The van der Waals surface area contributed by atoms with Gasteiger partial charge in [-0.15, -0.1) is 0 Å². The zero-order chi connectivity index (χ0) is 23.3. The van der Waals surface area contributed by atoms with E-state index in [1.54, 1.807) is 34.6 Å². The van der Waals surface area contributed by atoms with Crippen LogP contribution in [0, 0.1) is 18.8 Å². The molecule has 0 bridgehead atoms. The zero-order valence-electron chi connectivity index (χ0n) is 18.6. The molecule has 2 aromatic heterocycles. The van der Waals surface area contributed by atoms with E-state index in [-0.39, 0.29) is 10.8 Å². The van der Waals surface area contributed by atoms with Crippen LogP contribution < -0.4 is 0 Å². The molecule has 2 atom stereocenters. The fourth-order valence-electron chi connectivity index (χ4n) is 4.55. The van der Waals surface area contributed by atoms with Crippen molar-refractivity contribution in [2.75, 3.05) is 13.1 Å². The Kier molecular flexibility index (Phi) is 5.55. The van der Waals surface area contributed by atoms with Gasteiger partial charge in [0, 0.05) is 34.6 Å². The fourth-order valence-corrected chi connectivity index (χ4v) is 6.38. The Hall–Kier alpha value is -2.68. The third-order valence-corrected chi connectivity index (χ3v) is 8.18. The number of aryl methyl sites for hydroxylation is 1. The number of hydrogen-bond acceptors (Lipinski definition) is 6. The second kappa shape index (κ2) is 8.27. The number of fused-ring (bicyclic) bond motifs is 1. The Labute approximate surface area is 197 Å². The second-order valence-electron chi connectivity index (χ2n) is 8.91. The number of sulfonamides is 1. The molecule has 0 N–H and O–H groups in total. The van der Waals surface area contributed by atoms with Gasteiger partial charge in [-0.25, -0.2) is 8.42 Å². The Morgan fingerprint density at radius 3 is 2.45 bits per heavy atom. The van der Waals surface area contributed by atoms with Crippen LogP contribution >= 0.6 is 11.6 Å². The molecule has 0 aliphatic carbocycles. The minimum atomic E-state index is -3.60. The maximum atomic E-state index is 13.3.